The molecule has 0 unspecified atom stereocenters. The van der Waals surface area contributed by atoms with E-state index < -0.39 is 0 Å². The Morgan fingerprint density at radius 2 is 1.58 bits per heavy atom. The number of likely N-dealkylation sites (tertiary alicyclic amines) is 1. The van der Waals surface area contributed by atoms with Gasteiger partial charge < -0.3 is 20.4 Å². The summed E-state index contributed by atoms with van der Waals surface area (Å²) < 4.78 is 0. The molecule has 5 nitrogen and oxygen atoms in total. The van der Waals surface area contributed by atoms with Gasteiger partial charge in [0.2, 0.25) is 0 Å². The van der Waals surface area contributed by atoms with Crippen molar-refractivity contribution in [3.8, 4) is 0 Å². The van der Waals surface area contributed by atoms with Gasteiger partial charge in [-0.1, -0.05) is 19.1 Å². The first-order chi connectivity index (χ1) is 16.0. The molecule has 0 bridgehead atoms. The first-order valence-corrected chi connectivity index (χ1v) is 12.7. The molecule has 6 heteroatoms. The Morgan fingerprint density at radius 1 is 0.939 bits per heavy atom. The minimum absolute atomic E-state index is 0.0976. The topological polar surface area (TPSA) is 47.6 Å². The van der Waals surface area contributed by atoms with Crippen molar-refractivity contribution in [1.29, 1.82) is 0 Å². The normalized spacial score (nSPS) is 18.0. The summed E-state index contributed by atoms with van der Waals surface area (Å²) in [4.78, 5) is 17.1. The first kappa shape index (κ1) is 23.6. The third-order valence-electron chi connectivity index (χ3n) is 6.92. The second-order valence-corrected chi connectivity index (χ2v) is 9.92. The van der Waals surface area contributed by atoms with Crippen molar-refractivity contribution in [2.24, 2.45) is 5.92 Å². The molecule has 2 aromatic carbocycles. The Kier molecular flexibility index (Phi) is 7.86. The van der Waals surface area contributed by atoms with Gasteiger partial charge in [-0.15, -0.1) is 0 Å². The number of amides is 1. The first-order valence-electron chi connectivity index (χ1n) is 12.3. The van der Waals surface area contributed by atoms with Crippen molar-refractivity contribution in [3.05, 3.63) is 59.7 Å². The number of rotatable bonds is 5. The van der Waals surface area contributed by atoms with Crippen LogP contribution in [-0.2, 0) is 0 Å². The molecule has 4 rings (SSSR count). The Balaban J connectivity index is 1.28. The second kappa shape index (κ2) is 11.0. The molecule has 1 atom stereocenters. The van der Waals surface area contributed by atoms with E-state index in [1.165, 1.54) is 30.5 Å². The minimum Gasteiger partial charge on any atom is -0.372 e. The van der Waals surface area contributed by atoms with Crippen LogP contribution in [0.4, 0.5) is 11.4 Å². The van der Waals surface area contributed by atoms with Crippen LogP contribution in [0.25, 0.3) is 0 Å². The summed E-state index contributed by atoms with van der Waals surface area (Å²) in [7, 11) is 0. The lowest BCUT2D eigenvalue weighted by Gasteiger charge is -2.32. The van der Waals surface area contributed by atoms with Gasteiger partial charge in [-0.05, 0) is 99.1 Å². The van der Waals surface area contributed by atoms with Gasteiger partial charge in [0.15, 0.2) is 5.11 Å². The van der Waals surface area contributed by atoms with Crippen LogP contribution in [0, 0.1) is 5.92 Å². The fraction of sp³-hybridized carbons (Fsp3) is 0.481. The molecule has 0 aromatic heterocycles. The third kappa shape index (κ3) is 6.26. The predicted molar refractivity (Wildman–Crippen MR) is 141 cm³/mol. The van der Waals surface area contributed by atoms with E-state index >= 15 is 0 Å². The van der Waals surface area contributed by atoms with E-state index in [0.717, 1.165) is 56.2 Å². The zero-order valence-corrected chi connectivity index (χ0v) is 20.7. The average Bonchev–Trinajstić information content (AvgIpc) is 2.85. The molecular formula is C27H36N4OS. The summed E-state index contributed by atoms with van der Waals surface area (Å²) >= 11 is 5.53. The van der Waals surface area contributed by atoms with Crippen LogP contribution in [0.3, 0.4) is 0 Å². The number of anilines is 2. The molecule has 0 spiro atoms. The van der Waals surface area contributed by atoms with Gasteiger partial charge in [0.25, 0.3) is 5.91 Å². The molecular weight excluding hydrogens is 428 g/mol. The van der Waals surface area contributed by atoms with E-state index in [0.29, 0.717) is 5.11 Å². The van der Waals surface area contributed by atoms with E-state index in [1.807, 2.05) is 29.2 Å². The van der Waals surface area contributed by atoms with Crippen LogP contribution in [0.2, 0.25) is 0 Å². The lowest BCUT2D eigenvalue weighted by atomic mass is 9.98. The summed E-state index contributed by atoms with van der Waals surface area (Å²) in [5, 5.41) is 7.19. The number of nitrogens with one attached hydrogen (secondary N) is 2. The van der Waals surface area contributed by atoms with E-state index in [2.05, 4.69) is 53.6 Å². The van der Waals surface area contributed by atoms with Crippen LogP contribution in [0.1, 0.15) is 67.9 Å². The van der Waals surface area contributed by atoms with Crippen molar-refractivity contribution in [2.75, 3.05) is 36.4 Å². The van der Waals surface area contributed by atoms with Gasteiger partial charge in [-0.3, -0.25) is 4.79 Å². The summed E-state index contributed by atoms with van der Waals surface area (Å²) in [6.45, 7) is 8.47. The molecule has 0 aliphatic carbocycles. The maximum Gasteiger partial charge on any atom is 0.253 e. The molecule has 2 aliphatic rings. The number of nitrogens with zero attached hydrogens (tertiary/aromatic N) is 2. The average molecular weight is 465 g/mol. The highest BCUT2D eigenvalue weighted by Gasteiger charge is 2.18. The maximum atomic E-state index is 12.6. The van der Waals surface area contributed by atoms with Gasteiger partial charge in [0.05, 0.1) is 6.04 Å². The van der Waals surface area contributed by atoms with Crippen LogP contribution < -0.4 is 15.5 Å². The Labute approximate surface area is 203 Å². The van der Waals surface area contributed by atoms with Gasteiger partial charge in [0, 0.05) is 43.1 Å². The Bertz CT molecular complexity index is 930. The Hall–Kier alpha value is -2.60. The van der Waals surface area contributed by atoms with Crippen molar-refractivity contribution in [2.45, 2.75) is 52.0 Å². The van der Waals surface area contributed by atoms with Gasteiger partial charge in [-0.2, -0.15) is 0 Å². The highest BCUT2D eigenvalue weighted by atomic mass is 32.1. The van der Waals surface area contributed by atoms with E-state index in [4.69, 9.17) is 12.2 Å². The largest absolute Gasteiger partial charge is 0.372 e. The molecule has 2 fully saturated rings. The van der Waals surface area contributed by atoms with Crippen molar-refractivity contribution in [3.63, 3.8) is 0 Å². The fourth-order valence-corrected chi connectivity index (χ4v) is 4.96. The Morgan fingerprint density at radius 3 is 2.21 bits per heavy atom. The van der Waals surface area contributed by atoms with E-state index in [-0.39, 0.29) is 11.9 Å². The van der Waals surface area contributed by atoms with Gasteiger partial charge in [-0.25, -0.2) is 0 Å². The second-order valence-electron chi connectivity index (χ2n) is 9.51. The minimum atomic E-state index is 0.0976. The molecule has 0 saturated carbocycles. The molecule has 176 valence electrons. The highest BCUT2D eigenvalue weighted by molar-refractivity contribution is 7.80. The summed E-state index contributed by atoms with van der Waals surface area (Å²) in [6.07, 6.45) is 5.96. The van der Waals surface area contributed by atoms with Gasteiger partial charge in [0.1, 0.15) is 0 Å². The fourth-order valence-electron chi connectivity index (χ4n) is 4.66. The van der Waals surface area contributed by atoms with E-state index in [1.54, 1.807) is 0 Å². The molecule has 1 amide bonds. The zero-order chi connectivity index (χ0) is 23.2. The molecule has 2 heterocycles. The smallest absolute Gasteiger partial charge is 0.253 e. The standard InChI is InChI=1S/C27H36N4OS/c1-20-14-18-30(19-15-20)25-12-8-22(9-13-25)21(2)28-27(33)29-24-10-6-23(7-11-24)26(32)31-16-4-3-5-17-31/h6-13,20-21H,3-5,14-19H2,1-2H3,(H2,28,29,33)/t21-/m0/s1. The van der Waals surface area contributed by atoms with Crippen LogP contribution >= 0.6 is 12.2 Å². The summed E-state index contributed by atoms with van der Waals surface area (Å²) in [5.41, 5.74) is 4.12. The lowest BCUT2D eigenvalue weighted by Crippen LogP contribution is -2.35. The quantitative estimate of drug-likeness (QED) is 0.564. The number of piperidine rings is 2. The number of carbonyl (C=O) groups excluding carboxylic acids is 1. The van der Waals surface area contributed by atoms with Crippen molar-refractivity contribution < 1.29 is 4.79 Å². The molecule has 2 aromatic rings. The number of thiocarbonyl (C=S) groups is 1. The maximum absolute atomic E-state index is 12.6. The van der Waals surface area contributed by atoms with Crippen LogP contribution in [0.15, 0.2) is 48.5 Å². The number of hydrogen-bond acceptors (Lipinski definition) is 3. The number of hydrogen-bond donors (Lipinski definition) is 2. The van der Waals surface area contributed by atoms with E-state index in [9.17, 15) is 4.79 Å². The summed E-state index contributed by atoms with van der Waals surface area (Å²) in [5.74, 6) is 0.961. The number of carbonyl (C=O) groups is 1. The lowest BCUT2D eigenvalue weighted by molar-refractivity contribution is 0.0724. The predicted octanol–water partition coefficient (Wildman–Crippen LogP) is 5.60. The molecule has 2 saturated heterocycles. The zero-order valence-electron chi connectivity index (χ0n) is 19.8. The molecule has 2 aliphatic heterocycles. The van der Waals surface area contributed by atoms with Crippen LogP contribution in [-0.4, -0.2) is 42.1 Å². The van der Waals surface area contributed by atoms with Gasteiger partial charge >= 0.3 is 0 Å². The molecule has 33 heavy (non-hydrogen) atoms. The third-order valence-corrected chi connectivity index (χ3v) is 7.14. The van der Waals surface area contributed by atoms with Crippen LogP contribution in [0.5, 0.6) is 0 Å². The van der Waals surface area contributed by atoms with Crippen molar-refractivity contribution >= 4 is 34.6 Å². The summed E-state index contributed by atoms with van der Waals surface area (Å²) in [6, 6.07) is 16.5. The number of benzene rings is 2. The monoisotopic (exact) mass is 464 g/mol. The SMILES string of the molecule is CC1CCN(c2ccc([C@H](C)NC(=S)Nc3ccc(C(=O)N4CCCCC4)cc3)cc2)CC1. The highest BCUT2D eigenvalue weighted by Crippen LogP contribution is 2.25. The molecule has 0 radical (unpaired) electrons. The van der Waals surface area contributed by atoms with Crippen molar-refractivity contribution in [1.82, 2.24) is 10.2 Å². The molecule has 2 N–H and O–H groups in total.